The Morgan fingerprint density at radius 1 is 0.773 bits per heavy atom. The van der Waals surface area contributed by atoms with E-state index in [-0.39, 0.29) is 0 Å². The van der Waals surface area contributed by atoms with Crippen molar-refractivity contribution in [3.05, 3.63) is 60.2 Å². The van der Waals surface area contributed by atoms with E-state index in [2.05, 4.69) is 26.0 Å². The second kappa shape index (κ2) is 9.11. The van der Waals surface area contributed by atoms with Crippen LogP contribution in [0.4, 0.5) is 0 Å². The van der Waals surface area contributed by atoms with Gasteiger partial charge in [0.2, 0.25) is 0 Å². The predicted molar refractivity (Wildman–Crippen MR) is 88.4 cm³/mol. The fraction of sp³-hybridized carbons (Fsp3) is 0.368. The van der Waals surface area contributed by atoms with Crippen LogP contribution in [-0.2, 0) is 11.3 Å². The summed E-state index contributed by atoms with van der Waals surface area (Å²) in [4.78, 5) is 0. The van der Waals surface area contributed by atoms with Gasteiger partial charge in [-0.1, -0.05) is 44.2 Å². The van der Waals surface area contributed by atoms with Gasteiger partial charge in [0.05, 0.1) is 6.61 Å². The first-order valence-electron chi connectivity index (χ1n) is 7.71. The highest BCUT2D eigenvalue weighted by Gasteiger charge is 1.98. The van der Waals surface area contributed by atoms with Crippen molar-refractivity contribution in [2.45, 2.75) is 20.5 Å². The highest BCUT2D eigenvalue weighted by Crippen LogP contribution is 2.18. The van der Waals surface area contributed by atoms with Gasteiger partial charge < -0.3 is 14.2 Å². The van der Waals surface area contributed by atoms with Crippen molar-refractivity contribution in [1.82, 2.24) is 0 Å². The zero-order valence-corrected chi connectivity index (χ0v) is 13.3. The SMILES string of the molecule is CC(C)COCCOc1ccc(OCc2ccccc2)cc1. The van der Waals surface area contributed by atoms with Gasteiger partial charge in [-0.05, 0) is 35.7 Å². The van der Waals surface area contributed by atoms with Crippen LogP contribution < -0.4 is 9.47 Å². The number of hydrogen-bond donors (Lipinski definition) is 0. The molecule has 2 rings (SSSR count). The molecule has 0 heterocycles. The molecule has 3 nitrogen and oxygen atoms in total. The van der Waals surface area contributed by atoms with E-state index in [4.69, 9.17) is 14.2 Å². The van der Waals surface area contributed by atoms with Crippen molar-refractivity contribution in [3.8, 4) is 11.5 Å². The van der Waals surface area contributed by atoms with Crippen molar-refractivity contribution in [3.63, 3.8) is 0 Å². The molecule has 0 atom stereocenters. The molecule has 0 aliphatic rings. The van der Waals surface area contributed by atoms with E-state index in [1.807, 2.05) is 42.5 Å². The molecule has 2 aromatic rings. The molecule has 0 fully saturated rings. The topological polar surface area (TPSA) is 27.7 Å². The molecule has 0 aromatic heterocycles. The first kappa shape index (κ1) is 16.4. The Labute approximate surface area is 132 Å². The molecule has 3 heteroatoms. The lowest BCUT2D eigenvalue weighted by Crippen LogP contribution is -2.10. The summed E-state index contributed by atoms with van der Waals surface area (Å²) in [5.41, 5.74) is 1.16. The van der Waals surface area contributed by atoms with Gasteiger partial charge in [0.1, 0.15) is 24.7 Å². The minimum absolute atomic E-state index is 0.557. The van der Waals surface area contributed by atoms with E-state index in [0.29, 0.717) is 25.7 Å². The van der Waals surface area contributed by atoms with E-state index < -0.39 is 0 Å². The van der Waals surface area contributed by atoms with Crippen molar-refractivity contribution in [2.75, 3.05) is 19.8 Å². The molecule has 0 aliphatic carbocycles. The van der Waals surface area contributed by atoms with E-state index in [1.54, 1.807) is 0 Å². The summed E-state index contributed by atoms with van der Waals surface area (Å²) in [7, 11) is 0. The van der Waals surface area contributed by atoms with Gasteiger partial charge in [0.15, 0.2) is 0 Å². The van der Waals surface area contributed by atoms with Gasteiger partial charge in [-0.25, -0.2) is 0 Å². The molecule has 0 radical (unpaired) electrons. The van der Waals surface area contributed by atoms with Gasteiger partial charge in [-0.3, -0.25) is 0 Å². The average Bonchev–Trinajstić information content (AvgIpc) is 2.54. The molecule has 0 bridgehead atoms. The number of ether oxygens (including phenoxy) is 3. The number of hydrogen-bond acceptors (Lipinski definition) is 3. The smallest absolute Gasteiger partial charge is 0.120 e. The lowest BCUT2D eigenvalue weighted by molar-refractivity contribution is 0.0819. The molecule has 0 amide bonds. The van der Waals surface area contributed by atoms with E-state index in [9.17, 15) is 0 Å². The van der Waals surface area contributed by atoms with Crippen LogP contribution in [0.5, 0.6) is 11.5 Å². The van der Waals surface area contributed by atoms with Crippen molar-refractivity contribution in [2.24, 2.45) is 5.92 Å². The molecule has 0 unspecified atom stereocenters. The van der Waals surface area contributed by atoms with Crippen LogP contribution in [-0.4, -0.2) is 19.8 Å². The first-order chi connectivity index (χ1) is 10.7. The van der Waals surface area contributed by atoms with Gasteiger partial charge in [-0.15, -0.1) is 0 Å². The zero-order chi connectivity index (χ0) is 15.6. The van der Waals surface area contributed by atoms with Gasteiger partial charge in [-0.2, -0.15) is 0 Å². The lowest BCUT2D eigenvalue weighted by atomic mass is 10.2. The standard InChI is InChI=1S/C19H24O3/c1-16(2)14-20-12-13-21-18-8-10-19(11-9-18)22-15-17-6-4-3-5-7-17/h3-11,16H,12-15H2,1-2H3. The third kappa shape index (κ3) is 6.19. The first-order valence-corrected chi connectivity index (χ1v) is 7.71. The molecule has 0 saturated carbocycles. The van der Waals surface area contributed by atoms with E-state index >= 15 is 0 Å². The van der Waals surface area contributed by atoms with Crippen LogP contribution in [0.2, 0.25) is 0 Å². The second-order valence-corrected chi connectivity index (χ2v) is 5.56. The largest absolute Gasteiger partial charge is 0.491 e. The summed E-state index contributed by atoms with van der Waals surface area (Å²) >= 11 is 0. The van der Waals surface area contributed by atoms with Gasteiger partial charge in [0.25, 0.3) is 0 Å². The average molecular weight is 300 g/mol. The Hall–Kier alpha value is -2.00. The maximum Gasteiger partial charge on any atom is 0.120 e. The summed E-state index contributed by atoms with van der Waals surface area (Å²) in [6.07, 6.45) is 0. The fourth-order valence-electron chi connectivity index (χ4n) is 1.91. The van der Waals surface area contributed by atoms with Crippen LogP contribution in [0.3, 0.4) is 0 Å². The van der Waals surface area contributed by atoms with Gasteiger partial charge >= 0.3 is 0 Å². The van der Waals surface area contributed by atoms with E-state index in [1.165, 1.54) is 0 Å². The molecule has 22 heavy (non-hydrogen) atoms. The Morgan fingerprint density at radius 3 is 2.05 bits per heavy atom. The Morgan fingerprint density at radius 2 is 1.41 bits per heavy atom. The highest BCUT2D eigenvalue weighted by molar-refractivity contribution is 5.31. The van der Waals surface area contributed by atoms with Crippen molar-refractivity contribution < 1.29 is 14.2 Å². The molecule has 118 valence electrons. The monoisotopic (exact) mass is 300 g/mol. The molecule has 0 N–H and O–H groups in total. The Balaban J connectivity index is 1.69. The zero-order valence-electron chi connectivity index (χ0n) is 13.3. The van der Waals surface area contributed by atoms with Crippen LogP contribution in [0.25, 0.3) is 0 Å². The molecule has 0 saturated heterocycles. The van der Waals surface area contributed by atoms with Crippen molar-refractivity contribution >= 4 is 0 Å². The molecular formula is C19H24O3. The summed E-state index contributed by atoms with van der Waals surface area (Å²) in [6.45, 7) is 6.80. The highest BCUT2D eigenvalue weighted by atomic mass is 16.5. The predicted octanol–water partition coefficient (Wildman–Crippen LogP) is 4.32. The van der Waals surface area contributed by atoms with Crippen LogP contribution >= 0.6 is 0 Å². The minimum atomic E-state index is 0.557. The molecule has 0 spiro atoms. The Bertz CT molecular complexity index is 520. The Kier molecular flexibility index (Phi) is 6.78. The summed E-state index contributed by atoms with van der Waals surface area (Å²) in [5, 5.41) is 0. The van der Waals surface area contributed by atoms with Crippen LogP contribution in [0.15, 0.2) is 54.6 Å². The maximum atomic E-state index is 5.74. The van der Waals surface area contributed by atoms with Crippen LogP contribution in [0, 0.1) is 5.92 Å². The minimum Gasteiger partial charge on any atom is -0.491 e. The molecule has 0 aliphatic heterocycles. The lowest BCUT2D eigenvalue weighted by Gasteiger charge is -2.10. The quantitative estimate of drug-likeness (QED) is 0.646. The van der Waals surface area contributed by atoms with Crippen molar-refractivity contribution in [1.29, 1.82) is 0 Å². The number of rotatable bonds is 9. The summed E-state index contributed by atoms with van der Waals surface area (Å²) in [5.74, 6) is 2.23. The fourth-order valence-corrected chi connectivity index (χ4v) is 1.91. The third-order valence-electron chi connectivity index (χ3n) is 3.02. The second-order valence-electron chi connectivity index (χ2n) is 5.56. The molecular weight excluding hydrogens is 276 g/mol. The maximum absolute atomic E-state index is 5.74. The van der Waals surface area contributed by atoms with Gasteiger partial charge in [0, 0.05) is 6.61 Å². The molecule has 2 aromatic carbocycles. The summed E-state index contributed by atoms with van der Waals surface area (Å²) in [6, 6.07) is 17.8. The number of benzene rings is 2. The third-order valence-corrected chi connectivity index (χ3v) is 3.02. The van der Waals surface area contributed by atoms with Crippen LogP contribution in [0.1, 0.15) is 19.4 Å². The van der Waals surface area contributed by atoms with E-state index in [0.717, 1.165) is 23.7 Å². The summed E-state index contributed by atoms with van der Waals surface area (Å²) < 4.78 is 16.8. The normalized spacial score (nSPS) is 10.7.